The van der Waals surface area contributed by atoms with E-state index < -0.39 is 0 Å². The van der Waals surface area contributed by atoms with Gasteiger partial charge in [-0.3, -0.25) is 7.66 Å². The van der Waals surface area contributed by atoms with Crippen LogP contribution in [0.5, 0.6) is 0 Å². The fraction of sp³-hybridized carbons (Fsp3) is 1.00. The van der Waals surface area contributed by atoms with E-state index in [4.69, 9.17) is 7.66 Å². The van der Waals surface area contributed by atoms with Crippen LogP contribution in [0.3, 0.4) is 0 Å². The molecule has 9 atom stereocenters. The van der Waals surface area contributed by atoms with Gasteiger partial charge in [-0.05, 0) is 104 Å². The lowest BCUT2D eigenvalue weighted by Crippen LogP contribution is -2.53. The van der Waals surface area contributed by atoms with Crippen molar-refractivity contribution < 1.29 is 7.66 Å². The molecule has 0 bridgehead atoms. The molecule has 4 saturated carbocycles. The molecule has 4 rings (SSSR count). The van der Waals surface area contributed by atoms with Crippen LogP contribution in [0.15, 0.2) is 0 Å². The number of hydrogen-bond donors (Lipinski definition) is 0. The Labute approximate surface area is 209 Å². The molecule has 0 spiro atoms. The van der Waals surface area contributed by atoms with Crippen LogP contribution < -0.4 is 0 Å². The van der Waals surface area contributed by atoms with Crippen LogP contribution in [-0.2, 0) is 7.66 Å². The van der Waals surface area contributed by atoms with Crippen LogP contribution >= 0.6 is 32.5 Å². The summed E-state index contributed by atoms with van der Waals surface area (Å²) >= 11 is 6.19. The minimum Gasteiger partial charge on any atom is -0.275 e. The minimum atomic E-state index is -0.213. The lowest BCUT2D eigenvalue weighted by molar-refractivity contribution is -0.114. The summed E-state index contributed by atoms with van der Waals surface area (Å²) in [4.78, 5) is 0. The molecule has 4 heteroatoms. The molecule has 0 heterocycles. The van der Waals surface area contributed by atoms with Gasteiger partial charge in [0.25, 0.3) is 0 Å². The fourth-order valence-corrected chi connectivity index (χ4v) is 10.7. The Kier molecular flexibility index (Phi) is 8.26. The van der Waals surface area contributed by atoms with E-state index in [2.05, 4.69) is 60.2 Å². The molecule has 0 radical (unpaired) electrons. The Balaban J connectivity index is 1.37. The molecule has 0 saturated heterocycles. The molecule has 0 amide bonds. The van der Waals surface area contributed by atoms with E-state index >= 15 is 0 Å². The first-order chi connectivity index (χ1) is 14.8. The number of fused-ring (bicyclic) bond motifs is 5. The van der Waals surface area contributed by atoms with E-state index in [0.29, 0.717) is 16.7 Å². The van der Waals surface area contributed by atoms with E-state index in [1.807, 2.05) is 0 Å². The van der Waals surface area contributed by atoms with Gasteiger partial charge >= 0.3 is 0 Å². The van der Waals surface area contributed by atoms with Gasteiger partial charge in [-0.25, -0.2) is 0 Å². The fourth-order valence-electron chi connectivity index (χ4n) is 9.56. The predicted octanol–water partition coefficient (Wildman–Crippen LogP) is 9.46. The average Bonchev–Trinajstić information content (AvgIpc) is 3.11. The zero-order valence-electron chi connectivity index (χ0n) is 20.4. The molecule has 2 unspecified atom stereocenters. The van der Waals surface area contributed by atoms with E-state index in [0.717, 1.165) is 41.9 Å². The lowest BCUT2D eigenvalue weighted by Gasteiger charge is -2.61. The summed E-state index contributed by atoms with van der Waals surface area (Å²) in [7, 11) is 0. The molecule has 0 aromatic rings. The lowest BCUT2D eigenvalue weighted by atomic mass is 9.44. The van der Waals surface area contributed by atoms with Crippen LogP contribution in [0.1, 0.15) is 111 Å². The highest BCUT2D eigenvalue weighted by Crippen LogP contribution is 2.68. The monoisotopic (exact) mass is 560 g/mol. The third-order valence-electron chi connectivity index (χ3n) is 11.3. The van der Waals surface area contributed by atoms with Gasteiger partial charge < -0.3 is 0 Å². The van der Waals surface area contributed by atoms with Crippen molar-refractivity contribution in [2.75, 3.05) is 0 Å². The SMILES string of the molecule is CC(CCC[C@@H](C)[C@H]1CC[C@H]2[C@@H]3CCC4CCCC[C@]4(C)[C@H]3CC[C@]12C)C(OBr)OBr. The second-order valence-electron chi connectivity index (χ2n) is 12.6. The van der Waals surface area contributed by atoms with Gasteiger partial charge in [0.1, 0.15) is 32.5 Å². The van der Waals surface area contributed by atoms with Crippen LogP contribution in [-0.4, -0.2) is 6.29 Å². The summed E-state index contributed by atoms with van der Waals surface area (Å²) < 4.78 is 10.5. The molecule has 4 aliphatic carbocycles. The third kappa shape index (κ3) is 4.59. The predicted molar refractivity (Wildman–Crippen MR) is 136 cm³/mol. The van der Waals surface area contributed by atoms with Crippen LogP contribution in [0.25, 0.3) is 0 Å². The average molecular weight is 562 g/mol. The van der Waals surface area contributed by atoms with Gasteiger partial charge in [-0.1, -0.05) is 53.4 Å². The zero-order chi connectivity index (χ0) is 22.2. The van der Waals surface area contributed by atoms with Crippen molar-refractivity contribution in [2.45, 2.75) is 117 Å². The van der Waals surface area contributed by atoms with Gasteiger partial charge in [-0.2, -0.15) is 0 Å². The molecule has 4 fully saturated rings. The minimum absolute atomic E-state index is 0.213. The molecule has 2 nitrogen and oxygen atoms in total. The van der Waals surface area contributed by atoms with Gasteiger partial charge in [0, 0.05) is 5.92 Å². The highest BCUT2D eigenvalue weighted by molar-refractivity contribution is 9.06. The molecule has 31 heavy (non-hydrogen) atoms. The van der Waals surface area contributed by atoms with E-state index in [-0.39, 0.29) is 6.29 Å². The molecule has 0 N–H and O–H groups in total. The summed E-state index contributed by atoms with van der Waals surface area (Å²) in [6, 6.07) is 0. The Hall–Kier alpha value is 0.880. The summed E-state index contributed by atoms with van der Waals surface area (Å²) in [6.45, 7) is 10.2. The van der Waals surface area contributed by atoms with Crippen LogP contribution in [0.4, 0.5) is 0 Å². The Morgan fingerprint density at radius 3 is 2.29 bits per heavy atom. The maximum atomic E-state index is 5.24. The molecular weight excluding hydrogens is 516 g/mol. The van der Waals surface area contributed by atoms with Gasteiger partial charge in [-0.15, -0.1) is 0 Å². The smallest absolute Gasteiger partial charge is 0.186 e. The second-order valence-corrected chi connectivity index (χ2v) is 13.3. The third-order valence-corrected chi connectivity index (χ3v) is 12.0. The summed E-state index contributed by atoms with van der Waals surface area (Å²) in [5, 5.41) is 0. The normalized spacial score (nSPS) is 44.4. The first-order valence-corrected chi connectivity index (χ1v) is 14.7. The molecule has 180 valence electrons. The first-order valence-electron chi connectivity index (χ1n) is 13.4. The maximum Gasteiger partial charge on any atom is 0.186 e. The highest BCUT2D eigenvalue weighted by atomic mass is 79.9. The van der Waals surface area contributed by atoms with Gasteiger partial charge in [0.05, 0.1) is 0 Å². The van der Waals surface area contributed by atoms with E-state index in [1.165, 1.54) is 70.6 Å². The quantitative estimate of drug-likeness (QED) is 0.275. The van der Waals surface area contributed by atoms with E-state index in [1.54, 1.807) is 6.42 Å². The van der Waals surface area contributed by atoms with Gasteiger partial charge in [0.15, 0.2) is 6.29 Å². The Bertz CT molecular complexity index is 596. The van der Waals surface area contributed by atoms with Crippen molar-refractivity contribution in [2.24, 2.45) is 52.3 Å². The molecule has 4 aliphatic rings. The second kappa shape index (κ2) is 10.2. The number of hydrogen-bond acceptors (Lipinski definition) is 2. The Morgan fingerprint density at radius 2 is 1.55 bits per heavy atom. The van der Waals surface area contributed by atoms with Crippen molar-refractivity contribution in [1.29, 1.82) is 0 Å². The van der Waals surface area contributed by atoms with Crippen molar-refractivity contribution in [1.82, 2.24) is 0 Å². The Morgan fingerprint density at radius 1 is 0.806 bits per heavy atom. The zero-order valence-corrected chi connectivity index (χ0v) is 23.6. The highest BCUT2D eigenvalue weighted by Gasteiger charge is 2.60. The standard InChI is InChI=1S/C27H46Br2O2/c1-18(8-7-9-19(2)25(30-28)31-29)22-13-14-23-21-12-11-20-10-5-6-16-26(20,3)24(21)15-17-27(22,23)4/h18-25H,5-17H2,1-4H3/t18-,19?,20?,21+,22-,23+,24+,26+,27-/m1/s1. The van der Waals surface area contributed by atoms with Crippen molar-refractivity contribution in [3.05, 3.63) is 0 Å². The first kappa shape index (κ1) is 25.0. The number of rotatable bonds is 8. The van der Waals surface area contributed by atoms with E-state index in [9.17, 15) is 0 Å². The van der Waals surface area contributed by atoms with Crippen molar-refractivity contribution >= 4 is 32.5 Å². The summed E-state index contributed by atoms with van der Waals surface area (Å²) in [5.74, 6) is 6.27. The molecular formula is C27H46Br2O2. The molecule has 0 aromatic heterocycles. The summed E-state index contributed by atoms with van der Waals surface area (Å²) in [6.07, 6.45) is 18.7. The maximum absolute atomic E-state index is 5.24. The molecule has 0 aliphatic heterocycles. The largest absolute Gasteiger partial charge is 0.275 e. The van der Waals surface area contributed by atoms with Crippen molar-refractivity contribution in [3.63, 3.8) is 0 Å². The number of halogens is 2. The summed E-state index contributed by atoms with van der Waals surface area (Å²) in [5.41, 5.74) is 1.28. The molecule has 0 aromatic carbocycles. The van der Waals surface area contributed by atoms with Crippen LogP contribution in [0.2, 0.25) is 0 Å². The van der Waals surface area contributed by atoms with Gasteiger partial charge in [0.2, 0.25) is 0 Å². The van der Waals surface area contributed by atoms with Crippen LogP contribution in [0, 0.1) is 52.3 Å². The topological polar surface area (TPSA) is 18.5 Å². The van der Waals surface area contributed by atoms with Crippen molar-refractivity contribution in [3.8, 4) is 0 Å².